The Morgan fingerprint density at radius 2 is 2.00 bits per heavy atom. The molecule has 7 heteroatoms. The van der Waals surface area contributed by atoms with Crippen LogP contribution < -0.4 is 10.1 Å². The first-order chi connectivity index (χ1) is 12.5. The molecule has 2 aromatic carbocycles. The van der Waals surface area contributed by atoms with Crippen molar-refractivity contribution in [2.75, 3.05) is 19.0 Å². The van der Waals surface area contributed by atoms with Gasteiger partial charge in [0.1, 0.15) is 0 Å². The molecule has 1 heterocycles. The molecule has 134 valence electrons. The highest BCUT2D eigenvalue weighted by Gasteiger charge is 2.17. The van der Waals surface area contributed by atoms with Crippen LogP contribution in [0, 0.1) is 0 Å². The number of carbonyl (C=O) groups is 2. The number of amides is 1. The lowest BCUT2D eigenvalue weighted by molar-refractivity contribution is 0.0526. The smallest absolute Gasteiger partial charge is 0.338 e. The van der Waals surface area contributed by atoms with Crippen molar-refractivity contribution in [3.05, 3.63) is 58.8 Å². The molecule has 6 nitrogen and oxygen atoms in total. The Balaban J connectivity index is 1.83. The number of rotatable bonds is 5. The van der Waals surface area contributed by atoms with Crippen LogP contribution in [0.3, 0.4) is 0 Å². The summed E-state index contributed by atoms with van der Waals surface area (Å²) in [5.74, 6) is -0.279. The van der Waals surface area contributed by atoms with Gasteiger partial charge >= 0.3 is 5.97 Å². The van der Waals surface area contributed by atoms with E-state index in [2.05, 4.69) is 5.32 Å². The van der Waals surface area contributed by atoms with Gasteiger partial charge in [0.2, 0.25) is 0 Å². The number of halogens is 1. The average Bonchev–Trinajstić information content (AvgIpc) is 3.08. The van der Waals surface area contributed by atoms with Crippen molar-refractivity contribution in [1.82, 2.24) is 0 Å². The van der Waals surface area contributed by atoms with E-state index in [0.29, 0.717) is 22.6 Å². The average molecular weight is 374 g/mol. The van der Waals surface area contributed by atoms with Gasteiger partial charge < -0.3 is 19.2 Å². The fourth-order valence-corrected chi connectivity index (χ4v) is 2.68. The van der Waals surface area contributed by atoms with Gasteiger partial charge in [-0.25, -0.2) is 4.79 Å². The Hall–Kier alpha value is -2.99. The number of fused-ring (bicyclic) bond motifs is 1. The Morgan fingerprint density at radius 3 is 2.69 bits per heavy atom. The molecule has 26 heavy (non-hydrogen) atoms. The first kappa shape index (κ1) is 17.8. The third-order valence-corrected chi connectivity index (χ3v) is 3.99. The van der Waals surface area contributed by atoms with Gasteiger partial charge in [-0.15, -0.1) is 0 Å². The first-order valence-corrected chi connectivity index (χ1v) is 8.26. The molecule has 0 fully saturated rings. The van der Waals surface area contributed by atoms with E-state index in [1.807, 2.05) is 12.1 Å². The molecule has 1 N–H and O–H groups in total. The van der Waals surface area contributed by atoms with Gasteiger partial charge in [0.25, 0.3) is 5.91 Å². The van der Waals surface area contributed by atoms with Crippen molar-refractivity contribution in [3.8, 4) is 5.75 Å². The summed E-state index contributed by atoms with van der Waals surface area (Å²) in [5, 5.41) is 3.63. The van der Waals surface area contributed by atoms with E-state index in [9.17, 15) is 9.59 Å². The van der Waals surface area contributed by atoms with Crippen molar-refractivity contribution in [2.45, 2.75) is 6.92 Å². The fraction of sp³-hybridized carbons (Fsp3) is 0.158. The summed E-state index contributed by atoms with van der Waals surface area (Å²) in [4.78, 5) is 24.2. The van der Waals surface area contributed by atoms with E-state index in [4.69, 9.17) is 25.5 Å². The minimum absolute atomic E-state index is 0.120. The Morgan fingerprint density at radius 1 is 1.19 bits per heavy atom. The highest BCUT2D eigenvalue weighted by Crippen LogP contribution is 2.29. The Bertz CT molecular complexity index is 979. The zero-order valence-corrected chi connectivity index (χ0v) is 14.9. The molecular formula is C19H16ClNO5. The van der Waals surface area contributed by atoms with E-state index in [0.717, 1.165) is 5.39 Å². The van der Waals surface area contributed by atoms with E-state index >= 15 is 0 Å². The molecule has 3 rings (SSSR count). The molecule has 0 unspecified atom stereocenters. The van der Waals surface area contributed by atoms with Crippen LogP contribution in [0.4, 0.5) is 5.69 Å². The normalized spacial score (nSPS) is 10.6. The van der Waals surface area contributed by atoms with Gasteiger partial charge in [-0.3, -0.25) is 4.79 Å². The van der Waals surface area contributed by atoms with Crippen molar-refractivity contribution in [1.29, 1.82) is 0 Å². The summed E-state index contributed by atoms with van der Waals surface area (Å²) in [7, 11) is 1.53. The number of hydrogen-bond donors (Lipinski definition) is 1. The third-order valence-electron chi connectivity index (χ3n) is 3.68. The number of para-hydroxylation sites is 1. The Kier molecular flexibility index (Phi) is 5.14. The topological polar surface area (TPSA) is 77.8 Å². The Labute approximate surface area is 154 Å². The van der Waals surface area contributed by atoms with E-state index in [1.165, 1.54) is 25.3 Å². The first-order valence-electron chi connectivity index (χ1n) is 7.88. The third kappa shape index (κ3) is 3.50. The number of esters is 1. The molecule has 0 aliphatic carbocycles. The molecular weight excluding hydrogens is 358 g/mol. The van der Waals surface area contributed by atoms with Crippen LogP contribution in [0.1, 0.15) is 27.8 Å². The van der Waals surface area contributed by atoms with Gasteiger partial charge in [0.15, 0.2) is 17.1 Å². The summed E-state index contributed by atoms with van der Waals surface area (Å²) in [6.07, 6.45) is 0. The van der Waals surface area contributed by atoms with Crippen LogP contribution in [-0.4, -0.2) is 25.6 Å². The molecule has 0 radical (unpaired) electrons. The number of furan rings is 1. The van der Waals surface area contributed by atoms with Gasteiger partial charge in [-0.1, -0.05) is 23.7 Å². The second-order valence-electron chi connectivity index (χ2n) is 5.36. The number of nitrogens with one attached hydrogen (secondary N) is 1. The van der Waals surface area contributed by atoms with Crippen LogP contribution in [0.25, 0.3) is 11.0 Å². The summed E-state index contributed by atoms with van der Waals surface area (Å²) in [6.45, 7) is 1.99. The molecule has 0 bridgehead atoms. The van der Waals surface area contributed by atoms with Crippen LogP contribution in [0.2, 0.25) is 5.02 Å². The lowest BCUT2D eigenvalue weighted by atomic mass is 10.2. The summed E-state index contributed by atoms with van der Waals surface area (Å²) >= 11 is 6.16. The maximum Gasteiger partial charge on any atom is 0.338 e. The van der Waals surface area contributed by atoms with Gasteiger partial charge in [0.05, 0.1) is 30.0 Å². The van der Waals surface area contributed by atoms with Crippen molar-refractivity contribution < 1.29 is 23.5 Å². The summed E-state index contributed by atoms with van der Waals surface area (Å²) in [6, 6.07) is 11.5. The minimum atomic E-state index is -0.475. The molecule has 0 aliphatic heterocycles. The maximum absolute atomic E-state index is 12.5. The standard InChI is InChI=1S/C19H16ClNO5/c1-3-25-19(23)12-7-8-14(13(20)9-12)21-18(22)16-10-11-5-4-6-15(24-2)17(11)26-16/h4-10H,3H2,1-2H3,(H,21,22). The number of methoxy groups -OCH3 is 1. The molecule has 0 spiro atoms. The quantitative estimate of drug-likeness (QED) is 0.665. The lowest BCUT2D eigenvalue weighted by Crippen LogP contribution is -2.12. The predicted octanol–water partition coefficient (Wildman–Crippen LogP) is 4.52. The lowest BCUT2D eigenvalue weighted by Gasteiger charge is -2.08. The van der Waals surface area contributed by atoms with Crippen molar-refractivity contribution in [2.24, 2.45) is 0 Å². The largest absolute Gasteiger partial charge is 0.493 e. The minimum Gasteiger partial charge on any atom is -0.493 e. The molecule has 0 saturated heterocycles. The maximum atomic E-state index is 12.5. The SMILES string of the molecule is CCOC(=O)c1ccc(NC(=O)c2cc3cccc(OC)c3o2)c(Cl)c1. The monoisotopic (exact) mass is 373 g/mol. The summed E-state index contributed by atoms with van der Waals surface area (Å²) in [5.41, 5.74) is 1.16. The van der Waals surface area contributed by atoms with E-state index in [1.54, 1.807) is 19.1 Å². The predicted molar refractivity (Wildman–Crippen MR) is 98.1 cm³/mol. The van der Waals surface area contributed by atoms with Crippen LogP contribution in [0.5, 0.6) is 5.75 Å². The highest BCUT2D eigenvalue weighted by molar-refractivity contribution is 6.34. The highest BCUT2D eigenvalue weighted by atomic mass is 35.5. The zero-order chi connectivity index (χ0) is 18.7. The molecule has 0 atom stereocenters. The van der Waals surface area contributed by atoms with E-state index < -0.39 is 11.9 Å². The van der Waals surface area contributed by atoms with Gasteiger partial charge in [-0.05, 0) is 37.3 Å². The summed E-state index contributed by atoms with van der Waals surface area (Å²) < 4.78 is 15.7. The second-order valence-corrected chi connectivity index (χ2v) is 5.77. The second kappa shape index (κ2) is 7.49. The van der Waals surface area contributed by atoms with Gasteiger partial charge in [0, 0.05) is 5.39 Å². The molecule has 1 aromatic heterocycles. The van der Waals surface area contributed by atoms with Crippen molar-refractivity contribution in [3.63, 3.8) is 0 Å². The number of ether oxygens (including phenoxy) is 2. The van der Waals surface area contributed by atoms with E-state index in [-0.39, 0.29) is 17.4 Å². The number of hydrogen-bond acceptors (Lipinski definition) is 5. The number of anilines is 1. The molecule has 3 aromatic rings. The number of benzene rings is 2. The number of carbonyl (C=O) groups excluding carboxylic acids is 2. The molecule has 1 amide bonds. The zero-order valence-electron chi connectivity index (χ0n) is 14.2. The molecule has 0 saturated carbocycles. The van der Waals surface area contributed by atoms with Crippen molar-refractivity contribution >= 4 is 40.1 Å². The molecule has 0 aliphatic rings. The van der Waals surface area contributed by atoms with Gasteiger partial charge in [-0.2, -0.15) is 0 Å². The van der Waals surface area contributed by atoms with Crippen LogP contribution in [-0.2, 0) is 4.74 Å². The van der Waals surface area contributed by atoms with Crippen LogP contribution >= 0.6 is 11.6 Å². The van der Waals surface area contributed by atoms with Crippen LogP contribution in [0.15, 0.2) is 46.9 Å². The fourth-order valence-electron chi connectivity index (χ4n) is 2.45.